The van der Waals surface area contributed by atoms with E-state index in [1.165, 1.54) is 0 Å². The molecule has 1 aromatic rings. The third kappa shape index (κ3) is 2.42. The number of hydrogen-bond donors (Lipinski definition) is 1. The van der Waals surface area contributed by atoms with Gasteiger partial charge in [0, 0.05) is 18.0 Å². The van der Waals surface area contributed by atoms with Gasteiger partial charge in [-0.1, -0.05) is 18.2 Å². The van der Waals surface area contributed by atoms with Crippen molar-refractivity contribution in [2.75, 3.05) is 0 Å². The maximum atomic E-state index is 11.7. The van der Waals surface area contributed by atoms with Crippen molar-refractivity contribution in [1.29, 1.82) is 0 Å². The highest BCUT2D eigenvalue weighted by Gasteiger charge is 2.11. The quantitative estimate of drug-likeness (QED) is 0.744. The van der Waals surface area contributed by atoms with Crippen molar-refractivity contribution in [2.45, 2.75) is 33.2 Å². The average Bonchev–Trinajstić information content (AvgIpc) is 2.08. The van der Waals surface area contributed by atoms with E-state index in [-0.39, 0.29) is 11.8 Å². The van der Waals surface area contributed by atoms with Crippen molar-refractivity contribution in [3.63, 3.8) is 0 Å². The minimum absolute atomic E-state index is 0.0672. The fourth-order valence-electron chi connectivity index (χ4n) is 1.46. The van der Waals surface area contributed by atoms with Gasteiger partial charge in [-0.2, -0.15) is 0 Å². The summed E-state index contributed by atoms with van der Waals surface area (Å²) in [6.07, 6.45) is 0.421. The number of Topliss-reactive ketones (excluding diaryl/α,β-unsaturated/α-hetero) is 1. The van der Waals surface area contributed by atoms with Gasteiger partial charge >= 0.3 is 0 Å². The molecule has 0 amide bonds. The molecule has 0 aliphatic rings. The summed E-state index contributed by atoms with van der Waals surface area (Å²) in [6.45, 7) is 5.84. The molecular formula is C12H17NO. The zero-order valence-electron chi connectivity index (χ0n) is 9.00. The van der Waals surface area contributed by atoms with Crippen LogP contribution in [0.2, 0.25) is 0 Å². The molecule has 2 N–H and O–H groups in total. The fraction of sp³-hybridized carbons (Fsp3) is 0.417. The molecule has 0 fully saturated rings. The van der Waals surface area contributed by atoms with Gasteiger partial charge in [-0.15, -0.1) is 0 Å². The lowest BCUT2D eigenvalue weighted by atomic mass is 9.97. The molecular weight excluding hydrogens is 174 g/mol. The number of nitrogens with two attached hydrogens (primary N) is 1. The molecule has 1 aromatic carbocycles. The third-order valence-electron chi connectivity index (χ3n) is 2.41. The van der Waals surface area contributed by atoms with Crippen LogP contribution < -0.4 is 5.73 Å². The van der Waals surface area contributed by atoms with E-state index in [0.29, 0.717) is 6.42 Å². The number of ketones is 1. The first kappa shape index (κ1) is 10.9. The number of carbonyl (C=O) groups is 1. The van der Waals surface area contributed by atoms with E-state index in [4.69, 9.17) is 5.73 Å². The molecule has 1 unspecified atom stereocenters. The van der Waals surface area contributed by atoms with Gasteiger partial charge in [0.05, 0.1) is 0 Å². The van der Waals surface area contributed by atoms with Crippen LogP contribution in [0.25, 0.3) is 0 Å². The van der Waals surface area contributed by atoms with Crippen molar-refractivity contribution in [3.8, 4) is 0 Å². The molecule has 0 saturated heterocycles. The van der Waals surface area contributed by atoms with Gasteiger partial charge in [0.2, 0.25) is 0 Å². The maximum Gasteiger partial charge on any atom is 0.164 e. The second-order valence-corrected chi connectivity index (χ2v) is 3.85. The number of hydrogen-bond acceptors (Lipinski definition) is 2. The van der Waals surface area contributed by atoms with E-state index >= 15 is 0 Å². The van der Waals surface area contributed by atoms with Crippen LogP contribution in [0.4, 0.5) is 0 Å². The Labute approximate surface area is 85.1 Å². The number of aryl methyl sites for hydroxylation is 1. The molecule has 2 heteroatoms. The Balaban J connectivity index is 2.96. The summed E-state index contributed by atoms with van der Waals surface area (Å²) in [6, 6.07) is 5.73. The third-order valence-corrected chi connectivity index (χ3v) is 2.41. The molecule has 0 aliphatic heterocycles. The van der Waals surface area contributed by atoms with Gasteiger partial charge in [-0.25, -0.2) is 0 Å². The van der Waals surface area contributed by atoms with Crippen LogP contribution in [0.15, 0.2) is 18.2 Å². The van der Waals surface area contributed by atoms with Crippen LogP contribution in [0, 0.1) is 13.8 Å². The SMILES string of the molecule is Cc1cccc(C(=O)CC(C)N)c1C. The van der Waals surface area contributed by atoms with E-state index in [0.717, 1.165) is 16.7 Å². The Morgan fingerprint density at radius 2 is 2.07 bits per heavy atom. The lowest BCUT2D eigenvalue weighted by Gasteiger charge is -2.08. The number of benzene rings is 1. The molecule has 1 rings (SSSR count). The van der Waals surface area contributed by atoms with Gasteiger partial charge < -0.3 is 5.73 Å². The first-order valence-corrected chi connectivity index (χ1v) is 4.87. The van der Waals surface area contributed by atoms with Crippen LogP contribution in [0.1, 0.15) is 34.8 Å². The Bertz CT molecular complexity index is 342. The van der Waals surface area contributed by atoms with E-state index in [9.17, 15) is 4.79 Å². The van der Waals surface area contributed by atoms with Crippen LogP contribution in [-0.2, 0) is 0 Å². The lowest BCUT2D eigenvalue weighted by molar-refractivity contribution is 0.0976. The molecule has 0 saturated carbocycles. The number of carbonyl (C=O) groups excluding carboxylic acids is 1. The molecule has 0 bridgehead atoms. The smallest absolute Gasteiger partial charge is 0.164 e. The molecule has 1 atom stereocenters. The molecule has 14 heavy (non-hydrogen) atoms. The molecule has 76 valence electrons. The topological polar surface area (TPSA) is 43.1 Å². The Hall–Kier alpha value is -1.15. The van der Waals surface area contributed by atoms with Crippen LogP contribution in [0.3, 0.4) is 0 Å². The minimum Gasteiger partial charge on any atom is -0.328 e. The molecule has 0 heterocycles. The Kier molecular flexibility index (Phi) is 3.42. The van der Waals surface area contributed by atoms with Crippen LogP contribution in [-0.4, -0.2) is 11.8 Å². The molecule has 0 spiro atoms. The Morgan fingerprint density at radius 1 is 1.43 bits per heavy atom. The van der Waals surface area contributed by atoms with Gasteiger partial charge in [0.25, 0.3) is 0 Å². The first-order valence-electron chi connectivity index (χ1n) is 4.87. The zero-order valence-corrected chi connectivity index (χ0v) is 9.00. The van der Waals surface area contributed by atoms with Crippen molar-refractivity contribution in [1.82, 2.24) is 0 Å². The number of rotatable bonds is 3. The molecule has 0 radical (unpaired) electrons. The summed E-state index contributed by atoms with van der Waals surface area (Å²) in [4.78, 5) is 11.7. The van der Waals surface area contributed by atoms with Gasteiger partial charge in [-0.05, 0) is 31.9 Å². The van der Waals surface area contributed by atoms with Crippen LogP contribution in [0.5, 0.6) is 0 Å². The van der Waals surface area contributed by atoms with E-state index < -0.39 is 0 Å². The summed E-state index contributed by atoms with van der Waals surface area (Å²) in [7, 11) is 0. The first-order chi connectivity index (χ1) is 6.52. The highest BCUT2D eigenvalue weighted by Crippen LogP contribution is 2.14. The summed E-state index contributed by atoms with van der Waals surface area (Å²) in [5, 5.41) is 0. The molecule has 2 nitrogen and oxygen atoms in total. The maximum absolute atomic E-state index is 11.7. The van der Waals surface area contributed by atoms with E-state index in [1.54, 1.807) is 0 Å². The summed E-state index contributed by atoms with van der Waals surface area (Å²) in [5.74, 6) is 0.140. The monoisotopic (exact) mass is 191 g/mol. The minimum atomic E-state index is -0.0672. The van der Waals surface area contributed by atoms with Gasteiger partial charge in [0.1, 0.15) is 0 Å². The van der Waals surface area contributed by atoms with E-state index in [2.05, 4.69) is 0 Å². The second kappa shape index (κ2) is 4.38. The highest BCUT2D eigenvalue weighted by molar-refractivity contribution is 5.98. The van der Waals surface area contributed by atoms with Crippen LogP contribution >= 0.6 is 0 Å². The summed E-state index contributed by atoms with van der Waals surface area (Å²) >= 11 is 0. The van der Waals surface area contributed by atoms with E-state index in [1.807, 2.05) is 39.0 Å². The van der Waals surface area contributed by atoms with Crippen molar-refractivity contribution < 1.29 is 4.79 Å². The second-order valence-electron chi connectivity index (χ2n) is 3.85. The van der Waals surface area contributed by atoms with Gasteiger partial charge in [0.15, 0.2) is 5.78 Å². The molecule has 0 aromatic heterocycles. The standard InChI is InChI=1S/C12H17NO/c1-8-5-4-6-11(10(8)3)12(14)7-9(2)13/h4-6,9H,7,13H2,1-3H3. The van der Waals surface area contributed by atoms with Crippen molar-refractivity contribution >= 4 is 5.78 Å². The lowest BCUT2D eigenvalue weighted by Crippen LogP contribution is -2.20. The normalized spacial score (nSPS) is 12.6. The predicted octanol–water partition coefficient (Wildman–Crippen LogP) is 2.22. The fourth-order valence-corrected chi connectivity index (χ4v) is 1.46. The zero-order chi connectivity index (χ0) is 10.7. The molecule has 0 aliphatic carbocycles. The Morgan fingerprint density at radius 3 is 2.64 bits per heavy atom. The van der Waals surface area contributed by atoms with Crippen molar-refractivity contribution in [2.24, 2.45) is 5.73 Å². The summed E-state index contributed by atoms with van der Waals surface area (Å²) in [5.41, 5.74) is 8.63. The predicted molar refractivity (Wildman–Crippen MR) is 58.5 cm³/mol. The summed E-state index contributed by atoms with van der Waals surface area (Å²) < 4.78 is 0. The largest absolute Gasteiger partial charge is 0.328 e. The highest BCUT2D eigenvalue weighted by atomic mass is 16.1. The van der Waals surface area contributed by atoms with Gasteiger partial charge in [-0.3, -0.25) is 4.79 Å². The average molecular weight is 191 g/mol. The van der Waals surface area contributed by atoms with Crippen molar-refractivity contribution in [3.05, 3.63) is 34.9 Å².